The van der Waals surface area contributed by atoms with Crippen LogP contribution in [0.15, 0.2) is 152 Å². The number of rotatable bonds is 11. The van der Waals surface area contributed by atoms with Gasteiger partial charge in [-0.3, -0.25) is 0 Å². The second-order valence-electron chi connectivity index (χ2n) is 28.8. The normalized spacial score (nSPS) is 13.2. The van der Waals surface area contributed by atoms with Crippen LogP contribution in [-0.2, 0) is 42.7 Å². The fraction of sp³-hybridized carbons (Fsp3) is 0.316. The van der Waals surface area contributed by atoms with Crippen LogP contribution in [0.25, 0.3) is 61.0 Å². The average molecular weight is 1340 g/mol. The van der Waals surface area contributed by atoms with Crippen molar-refractivity contribution in [2.45, 2.75) is 164 Å². The molecule has 3 heterocycles. The number of nitrogens with zero attached hydrogens (tertiary/aromatic N) is 4. The molecule has 0 saturated carbocycles. The van der Waals surface area contributed by atoms with Crippen molar-refractivity contribution in [2.24, 2.45) is 0 Å². The fourth-order valence-corrected chi connectivity index (χ4v) is 12.1. The SMILES string of the molecule is CC(C)c1cc(C(C)C)c(-c2cc(Oc3[c-]c4c(cc3)c3ccccc3n4-c3cc(C(C)(C)C)ccn3)[c-]c(N3[CH-]N(c4c(-c5cc(F)cc(F)c5)cc(C(C)(C)C)cc4-c4cc(C(C)(C)C)cc(C(C)(C)C)c4)c4ccccc43)c2)c(C(C)C)c1.[Pt]. The summed E-state index contributed by atoms with van der Waals surface area (Å²) in [5.74, 6) is 1.31. The van der Waals surface area contributed by atoms with E-state index in [-0.39, 0.29) is 54.6 Å². The Balaban J connectivity index is 0.00000838. The number of fused-ring (bicyclic) bond motifs is 4. The first-order valence-corrected chi connectivity index (χ1v) is 30.6. The summed E-state index contributed by atoms with van der Waals surface area (Å²) >= 11 is 0. The minimum absolute atomic E-state index is 0. The first kappa shape index (κ1) is 62.7. The van der Waals surface area contributed by atoms with Crippen LogP contribution in [0.4, 0.5) is 31.5 Å². The van der Waals surface area contributed by atoms with E-state index in [4.69, 9.17) is 9.72 Å². The maximum Gasteiger partial charge on any atom is 0.135 e. The quantitative estimate of drug-likeness (QED) is 0.121. The molecular formula is C79H83F2N4OPt-3. The summed E-state index contributed by atoms with van der Waals surface area (Å²) < 4.78 is 41.1. The minimum atomic E-state index is -0.642. The molecule has 1 aliphatic heterocycles. The molecule has 0 saturated heterocycles. The number of hydrogen-bond acceptors (Lipinski definition) is 4. The smallest absolute Gasteiger partial charge is 0.135 e. The Morgan fingerprint density at radius 2 is 1.02 bits per heavy atom. The molecule has 8 heteroatoms. The molecule has 0 amide bonds. The Morgan fingerprint density at radius 1 is 0.483 bits per heavy atom. The van der Waals surface area contributed by atoms with Crippen LogP contribution < -0.4 is 14.5 Å². The van der Waals surface area contributed by atoms with Crippen molar-refractivity contribution in [3.05, 3.63) is 221 Å². The Labute approximate surface area is 531 Å². The van der Waals surface area contributed by atoms with E-state index in [0.29, 0.717) is 28.5 Å². The van der Waals surface area contributed by atoms with Crippen molar-refractivity contribution in [1.29, 1.82) is 0 Å². The largest absolute Gasteiger partial charge is 0.509 e. The number of para-hydroxylation sites is 3. The minimum Gasteiger partial charge on any atom is -0.509 e. The molecule has 0 atom stereocenters. The Hall–Kier alpha value is -7.34. The maximum atomic E-state index is 15.8. The molecule has 11 rings (SSSR count). The van der Waals surface area contributed by atoms with Gasteiger partial charge in [0.1, 0.15) is 17.5 Å². The Kier molecular flexibility index (Phi) is 16.8. The zero-order chi connectivity index (χ0) is 61.7. The molecule has 10 aromatic rings. The van der Waals surface area contributed by atoms with E-state index in [0.717, 1.165) is 78.7 Å². The van der Waals surface area contributed by atoms with E-state index < -0.39 is 11.6 Å². The second-order valence-corrected chi connectivity index (χ2v) is 28.8. The van der Waals surface area contributed by atoms with Crippen LogP contribution in [0.2, 0.25) is 0 Å². The fourth-order valence-electron chi connectivity index (χ4n) is 12.1. The average Bonchev–Trinajstić information content (AvgIpc) is 1.85. The van der Waals surface area contributed by atoms with Crippen molar-refractivity contribution in [2.75, 3.05) is 9.80 Å². The summed E-state index contributed by atoms with van der Waals surface area (Å²) in [7, 11) is 0. The first-order valence-electron chi connectivity index (χ1n) is 30.6. The molecular weight excluding hydrogens is 1250 g/mol. The molecule has 87 heavy (non-hydrogen) atoms. The van der Waals surface area contributed by atoms with Gasteiger partial charge < -0.3 is 19.1 Å². The van der Waals surface area contributed by atoms with Gasteiger partial charge in [0, 0.05) is 78.5 Å². The summed E-state index contributed by atoms with van der Waals surface area (Å²) in [6.45, 7) is 42.6. The summed E-state index contributed by atoms with van der Waals surface area (Å²) in [5, 5.41) is 2.14. The molecule has 0 fully saturated rings. The zero-order valence-electron chi connectivity index (χ0n) is 54.0. The maximum absolute atomic E-state index is 15.8. The van der Waals surface area contributed by atoms with Crippen LogP contribution in [-0.4, -0.2) is 9.55 Å². The van der Waals surface area contributed by atoms with Crippen LogP contribution >= 0.6 is 0 Å². The third kappa shape index (κ3) is 12.3. The molecule has 2 aromatic heterocycles. The Morgan fingerprint density at radius 3 is 1.59 bits per heavy atom. The van der Waals surface area contributed by atoms with Gasteiger partial charge in [-0.05, 0) is 155 Å². The molecule has 5 nitrogen and oxygen atoms in total. The monoisotopic (exact) mass is 1340 g/mol. The molecule has 0 N–H and O–H groups in total. The van der Waals surface area contributed by atoms with E-state index >= 15 is 8.78 Å². The topological polar surface area (TPSA) is 33.5 Å². The number of ether oxygens (including phenoxy) is 1. The van der Waals surface area contributed by atoms with Crippen LogP contribution in [0.5, 0.6) is 11.5 Å². The van der Waals surface area contributed by atoms with Gasteiger partial charge >= 0.3 is 0 Å². The predicted molar refractivity (Wildman–Crippen MR) is 358 cm³/mol. The molecule has 0 bridgehead atoms. The summed E-state index contributed by atoms with van der Waals surface area (Å²) in [6, 6.07) is 57.3. The Bertz CT molecular complexity index is 4170. The standard InChI is InChI=1S/C79H83F2N4O.Pt/c1-47(2)50-37-65(48(3)4)74(66(38-50)49(5)6)53-35-60(44-62(36-53)86-61-27-28-64-63-23-19-20-24-69(63)85(72(64)45-61)73-42-54(29-30-82-73)76(7,8)9)83-46-84(71-26-22-21-25-70(71)83)75-67(51-31-55(77(10,11)12)39-56(32-51)78(13,14)15)40-57(79(16,17)18)41-68(75)52-33-58(80)43-59(81)34-52;/h19-43,46-49H,1-18H3;/q-3;. The van der Waals surface area contributed by atoms with Gasteiger partial charge in [0.05, 0.1) is 0 Å². The van der Waals surface area contributed by atoms with Gasteiger partial charge in [-0.15, -0.1) is 53.6 Å². The number of aromatic nitrogens is 2. The van der Waals surface area contributed by atoms with Crippen LogP contribution in [0.1, 0.15) is 181 Å². The molecule has 0 unspecified atom stereocenters. The van der Waals surface area contributed by atoms with Crippen molar-refractivity contribution < 1.29 is 34.6 Å². The number of halogens is 2. The number of benzene rings is 8. The van der Waals surface area contributed by atoms with E-state index in [1.165, 1.54) is 51.1 Å². The number of hydrogen-bond donors (Lipinski definition) is 0. The van der Waals surface area contributed by atoms with Gasteiger partial charge in [0.25, 0.3) is 0 Å². The summed E-state index contributed by atoms with van der Waals surface area (Å²) in [6.07, 6.45) is 1.90. The first-order chi connectivity index (χ1) is 40.4. The van der Waals surface area contributed by atoms with Gasteiger partial charge in [0.2, 0.25) is 0 Å². The molecule has 0 aliphatic carbocycles. The van der Waals surface area contributed by atoms with Gasteiger partial charge in [-0.25, -0.2) is 13.8 Å². The van der Waals surface area contributed by atoms with E-state index in [1.54, 1.807) is 0 Å². The molecule has 1 aliphatic rings. The van der Waals surface area contributed by atoms with Crippen molar-refractivity contribution in [1.82, 2.24) is 9.55 Å². The van der Waals surface area contributed by atoms with Gasteiger partial charge in [-0.1, -0.05) is 191 Å². The molecule has 0 radical (unpaired) electrons. The molecule has 0 spiro atoms. The summed E-state index contributed by atoms with van der Waals surface area (Å²) in [5.41, 5.74) is 18.2. The zero-order valence-corrected chi connectivity index (χ0v) is 56.3. The summed E-state index contributed by atoms with van der Waals surface area (Å²) in [4.78, 5) is 9.38. The van der Waals surface area contributed by atoms with Crippen LogP contribution in [0.3, 0.4) is 0 Å². The van der Waals surface area contributed by atoms with Crippen molar-refractivity contribution >= 4 is 44.6 Å². The molecule has 8 aromatic carbocycles. The number of pyridine rings is 1. The van der Waals surface area contributed by atoms with Crippen LogP contribution in [0, 0.1) is 30.4 Å². The predicted octanol–water partition coefficient (Wildman–Crippen LogP) is 22.8. The molecule has 452 valence electrons. The second kappa shape index (κ2) is 23.3. The van der Waals surface area contributed by atoms with Gasteiger partial charge in [-0.2, -0.15) is 6.07 Å². The number of anilines is 4. The van der Waals surface area contributed by atoms with Crippen molar-refractivity contribution in [3.63, 3.8) is 0 Å². The van der Waals surface area contributed by atoms with Crippen molar-refractivity contribution in [3.8, 4) is 50.7 Å². The van der Waals surface area contributed by atoms with E-state index in [2.05, 4.69) is 279 Å². The third-order valence-corrected chi connectivity index (χ3v) is 17.1. The van der Waals surface area contributed by atoms with Gasteiger partial charge in [0.15, 0.2) is 0 Å². The van der Waals surface area contributed by atoms with E-state index in [1.807, 2.05) is 12.3 Å². The third-order valence-electron chi connectivity index (χ3n) is 17.1. The van der Waals surface area contributed by atoms with E-state index in [9.17, 15) is 0 Å².